The maximum absolute atomic E-state index is 5.87. The third-order valence-corrected chi connectivity index (χ3v) is 3.70. The van der Waals surface area contributed by atoms with E-state index < -0.39 is 0 Å². The Morgan fingerprint density at radius 1 is 1.10 bits per heavy atom. The highest BCUT2D eigenvalue weighted by molar-refractivity contribution is 7.80. The molecule has 2 rings (SSSR count). The molecule has 21 heavy (non-hydrogen) atoms. The second-order valence-corrected chi connectivity index (χ2v) is 6.02. The van der Waals surface area contributed by atoms with Crippen LogP contribution in [0.15, 0.2) is 48.5 Å². The molecule has 0 amide bonds. The largest absolute Gasteiger partial charge is 0.358 e. The van der Waals surface area contributed by atoms with E-state index in [0.717, 1.165) is 16.3 Å². The van der Waals surface area contributed by atoms with E-state index in [4.69, 9.17) is 23.8 Å². The maximum atomic E-state index is 5.87. The van der Waals surface area contributed by atoms with Crippen molar-refractivity contribution in [2.75, 3.05) is 5.32 Å². The molecule has 110 valence electrons. The maximum Gasteiger partial charge on any atom is 0.171 e. The Labute approximate surface area is 136 Å². The van der Waals surface area contributed by atoms with E-state index in [1.165, 1.54) is 5.56 Å². The summed E-state index contributed by atoms with van der Waals surface area (Å²) >= 11 is 11.2. The van der Waals surface area contributed by atoms with Gasteiger partial charge in [0.1, 0.15) is 0 Å². The molecule has 0 aliphatic heterocycles. The van der Waals surface area contributed by atoms with Gasteiger partial charge in [-0.05, 0) is 47.5 Å². The third-order valence-electron chi connectivity index (χ3n) is 3.20. The smallest absolute Gasteiger partial charge is 0.171 e. The zero-order valence-electron chi connectivity index (χ0n) is 12.2. The Morgan fingerprint density at radius 2 is 1.76 bits per heavy atom. The van der Waals surface area contributed by atoms with Crippen molar-refractivity contribution < 1.29 is 0 Å². The summed E-state index contributed by atoms with van der Waals surface area (Å²) < 4.78 is 0. The molecule has 0 bridgehead atoms. The van der Waals surface area contributed by atoms with Gasteiger partial charge in [-0.3, -0.25) is 0 Å². The summed E-state index contributed by atoms with van der Waals surface area (Å²) in [5.41, 5.74) is 3.45. The minimum atomic E-state index is 0.452. The summed E-state index contributed by atoms with van der Waals surface area (Å²) in [5.74, 6) is 0.452. The predicted octanol–water partition coefficient (Wildman–Crippen LogP) is 4.95. The standard InChI is InChI=1S/C17H19ClN2S/c1-12(2)15-5-3-4-6-16(15)20-17(21)19-11-13-7-9-14(18)10-8-13/h3-10,12H,11H2,1-2H3,(H2,19,20,21). The molecule has 0 fully saturated rings. The number of thiocarbonyl (C=S) groups is 1. The van der Waals surface area contributed by atoms with E-state index in [1.54, 1.807) is 0 Å². The summed E-state index contributed by atoms with van der Waals surface area (Å²) in [4.78, 5) is 0. The van der Waals surface area contributed by atoms with Crippen molar-refractivity contribution in [3.8, 4) is 0 Å². The molecule has 0 atom stereocenters. The van der Waals surface area contributed by atoms with Crippen LogP contribution < -0.4 is 10.6 Å². The van der Waals surface area contributed by atoms with Crippen LogP contribution in [0.2, 0.25) is 5.02 Å². The Hall–Kier alpha value is -1.58. The first-order chi connectivity index (χ1) is 10.1. The molecule has 0 unspecified atom stereocenters. The zero-order valence-corrected chi connectivity index (χ0v) is 13.8. The highest BCUT2D eigenvalue weighted by atomic mass is 35.5. The van der Waals surface area contributed by atoms with E-state index in [1.807, 2.05) is 42.5 Å². The minimum absolute atomic E-state index is 0.452. The van der Waals surface area contributed by atoms with Gasteiger partial charge in [-0.1, -0.05) is 55.8 Å². The lowest BCUT2D eigenvalue weighted by Crippen LogP contribution is -2.28. The molecule has 0 saturated heterocycles. The Bertz CT molecular complexity index is 608. The van der Waals surface area contributed by atoms with Crippen LogP contribution in [0.4, 0.5) is 5.69 Å². The van der Waals surface area contributed by atoms with Crippen LogP contribution in [0.5, 0.6) is 0 Å². The molecule has 0 radical (unpaired) electrons. The topological polar surface area (TPSA) is 24.1 Å². The Balaban J connectivity index is 1.94. The van der Waals surface area contributed by atoms with Crippen molar-refractivity contribution in [2.24, 2.45) is 0 Å². The van der Waals surface area contributed by atoms with Gasteiger partial charge < -0.3 is 10.6 Å². The summed E-state index contributed by atoms with van der Waals surface area (Å²) in [5, 5.41) is 7.84. The fraction of sp³-hybridized carbons (Fsp3) is 0.235. The van der Waals surface area contributed by atoms with Gasteiger partial charge in [0.2, 0.25) is 0 Å². The average Bonchev–Trinajstić information content (AvgIpc) is 2.47. The van der Waals surface area contributed by atoms with Crippen molar-refractivity contribution >= 4 is 34.6 Å². The molecule has 2 nitrogen and oxygen atoms in total. The van der Waals surface area contributed by atoms with E-state index >= 15 is 0 Å². The third kappa shape index (κ3) is 4.73. The molecule has 2 aromatic rings. The first-order valence-electron chi connectivity index (χ1n) is 6.94. The van der Waals surface area contributed by atoms with Gasteiger partial charge in [0, 0.05) is 17.3 Å². The van der Waals surface area contributed by atoms with Crippen molar-refractivity contribution in [1.82, 2.24) is 5.32 Å². The number of anilines is 1. The van der Waals surface area contributed by atoms with E-state index in [2.05, 4.69) is 30.5 Å². The lowest BCUT2D eigenvalue weighted by Gasteiger charge is -2.16. The monoisotopic (exact) mass is 318 g/mol. The summed E-state index contributed by atoms with van der Waals surface area (Å²) in [7, 11) is 0. The Morgan fingerprint density at radius 3 is 2.43 bits per heavy atom. The van der Waals surface area contributed by atoms with Gasteiger partial charge in [-0.2, -0.15) is 0 Å². The SMILES string of the molecule is CC(C)c1ccccc1NC(=S)NCc1ccc(Cl)cc1. The number of hydrogen-bond acceptors (Lipinski definition) is 1. The first kappa shape index (κ1) is 15.8. The minimum Gasteiger partial charge on any atom is -0.358 e. The lowest BCUT2D eigenvalue weighted by molar-refractivity contribution is 0.868. The lowest BCUT2D eigenvalue weighted by atomic mass is 10.0. The van der Waals surface area contributed by atoms with Gasteiger partial charge >= 0.3 is 0 Å². The predicted molar refractivity (Wildman–Crippen MR) is 95.0 cm³/mol. The molecular weight excluding hydrogens is 300 g/mol. The van der Waals surface area contributed by atoms with Crippen LogP contribution in [-0.2, 0) is 6.54 Å². The fourth-order valence-electron chi connectivity index (χ4n) is 2.07. The van der Waals surface area contributed by atoms with Crippen LogP contribution in [0.3, 0.4) is 0 Å². The average molecular weight is 319 g/mol. The van der Waals surface area contributed by atoms with Crippen LogP contribution in [0, 0.1) is 0 Å². The van der Waals surface area contributed by atoms with Crippen molar-refractivity contribution in [3.63, 3.8) is 0 Å². The first-order valence-corrected chi connectivity index (χ1v) is 7.73. The number of rotatable bonds is 4. The molecule has 2 aromatic carbocycles. The van der Waals surface area contributed by atoms with Gasteiger partial charge in [0.25, 0.3) is 0 Å². The summed E-state index contributed by atoms with van der Waals surface area (Å²) in [6, 6.07) is 16.0. The zero-order chi connectivity index (χ0) is 15.2. The van der Waals surface area contributed by atoms with Crippen LogP contribution in [0.1, 0.15) is 30.9 Å². The van der Waals surface area contributed by atoms with Crippen molar-refractivity contribution in [1.29, 1.82) is 0 Å². The van der Waals surface area contributed by atoms with Crippen molar-refractivity contribution in [2.45, 2.75) is 26.3 Å². The molecule has 0 aliphatic carbocycles. The van der Waals surface area contributed by atoms with Gasteiger partial charge in [0.05, 0.1) is 0 Å². The second-order valence-electron chi connectivity index (χ2n) is 5.18. The molecule has 4 heteroatoms. The normalized spacial score (nSPS) is 10.5. The Kier molecular flexibility index (Phi) is 5.59. The van der Waals surface area contributed by atoms with Crippen LogP contribution in [0.25, 0.3) is 0 Å². The van der Waals surface area contributed by atoms with Crippen molar-refractivity contribution in [3.05, 3.63) is 64.7 Å². The van der Waals surface area contributed by atoms with Gasteiger partial charge in [0.15, 0.2) is 5.11 Å². The number of benzene rings is 2. The number of nitrogens with one attached hydrogen (secondary N) is 2. The highest BCUT2D eigenvalue weighted by Crippen LogP contribution is 2.23. The molecule has 0 heterocycles. The molecular formula is C17H19ClN2S. The number of halogens is 1. The summed E-state index contributed by atoms with van der Waals surface area (Å²) in [6.07, 6.45) is 0. The molecule has 0 spiro atoms. The molecule has 0 aromatic heterocycles. The number of para-hydroxylation sites is 1. The van der Waals surface area contributed by atoms with Gasteiger partial charge in [-0.25, -0.2) is 0 Å². The molecule has 2 N–H and O–H groups in total. The summed E-state index contributed by atoms with van der Waals surface area (Å²) in [6.45, 7) is 5.02. The second kappa shape index (κ2) is 7.43. The van der Waals surface area contributed by atoms with Crippen LogP contribution in [-0.4, -0.2) is 5.11 Å². The van der Waals surface area contributed by atoms with E-state index in [0.29, 0.717) is 17.6 Å². The van der Waals surface area contributed by atoms with E-state index in [-0.39, 0.29) is 0 Å². The molecule has 0 saturated carbocycles. The van der Waals surface area contributed by atoms with Gasteiger partial charge in [-0.15, -0.1) is 0 Å². The van der Waals surface area contributed by atoms with E-state index in [9.17, 15) is 0 Å². The fourth-order valence-corrected chi connectivity index (χ4v) is 2.37. The van der Waals surface area contributed by atoms with Crippen LogP contribution >= 0.6 is 23.8 Å². The molecule has 0 aliphatic rings. The quantitative estimate of drug-likeness (QED) is 0.780. The highest BCUT2D eigenvalue weighted by Gasteiger charge is 2.06. The number of hydrogen-bond donors (Lipinski definition) is 2.